The molecule has 0 saturated carbocycles. The van der Waals surface area contributed by atoms with Gasteiger partial charge in [-0.15, -0.1) is 0 Å². The van der Waals surface area contributed by atoms with Crippen LogP contribution in [0.5, 0.6) is 0 Å². The lowest BCUT2D eigenvalue weighted by molar-refractivity contribution is -0.132. The average molecular weight is 496 g/mol. The van der Waals surface area contributed by atoms with Crippen LogP contribution in [0.4, 0.5) is 29.3 Å². The van der Waals surface area contributed by atoms with Crippen LogP contribution in [0.2, 0.25) is 0 Å². The first-order chi connectivity index (χ1) is 16.7. The molecule has 4 rings (SSSR count). The van der Waals surface area contributed by atoms with Gasteiger partial charge in [-0.3, -0.25) is 19.3 Å². The van der Waals surface area contributed by atoms with E-state index in [2.05, 4.69) is 0 Å². The number of nitrogens with one attached hydrogen (secondary N) is 1. The Kier molecular flexibility index (Phi) is 6.87. The van der Waals surface area contributed by atoms with Crippen LogP contribution >= 0.6 is 0 Å². The Morgan fingerprint density at radius 2 is 2.00 bits per heavy atom. The molecule has 2 aliphatic rings. The topological polar surface area (TPSA) is 105 Å². The molecule has 2 aromatic rings. The minimum absolute atomic E-state index is 0.0739. The summed E-state index contributed by atoms with van der Waals surface area (Å²) in [6.45, 7) is 1.99. The molecule has 2 aliphatic heterocycles. The van der Waals surface area contributed by atoms with Crippen LogP contribution in [-0.4, -0.2) is 74.3 Å². The molecule has 1 N–H and O–H groups in total. The molecule has 13 heteroatoms. The van der Waals surface area contributed by atoms with Crippen LogP contribution in [-0.2, 0) is 14.4 Å². The van der Waals surface area contributed by atoms with Gasteiger partial charge >= 0.3 is 18.4 Å². The summed E-state index contributed by atoms with van der Waals surface area (Å²) >= 11 is 0. The Bertz CT molecular complexity index is 1100. The Balaban J connectivity index is 1.41. The van der Waals surface area contributed by atoms with Crippen molar-refractivity contribution in [2.24, 2.45) is 0 Å². The maximum absolute atomic E-state index is 15.1. The number of carbonyl (C=O) groups excluding carboxylic acids is 3. The van der Waals surface area contributed by atoms with Crippen LogP contribution in [0.25, 0.3) is 0 Å². The van der Waals surface area contributed by atoms with Crippen LogP contribution in [0.3, 0.4) is 0 Å². The van der Waals surface area contributed by atoms with Gasteiger partial charge in [-0.05, 0) is 37.3 Å². The number of furan rings is 1. The molecule has 1 atom stereocenters. The van der Waals surface area contributed by atoms with Crippen molar-refractivity contribution in [3.63, 3.8) is 0 Å². The number of rotatable bonds is 6. The van der Waals surface area contributed by atoms with E-state index in [0.29, 0.717) is 6.54 Å². The molecular formula is C22H23F3N4O6. The van der Waals surface area contributed by atoms with Gasteiger partial charge in [-0.2, -0.15) is 8.78 Å². The highest BCUT2D eigenvalue weighted by molar-refractivity contribution is 5.91. The van der Waals surface area contributed by atoms with Crippen molar-refractivity contribution in [3.8, 4) is 0 Å². The molecule has 1 aromatic heterocycles. The average Bonchev–Trinajstić information content (AvgIpc) is 3.38. The number of benzene rings is 1. The maximum Gasteiger partial charge on any atom is 0.415 e. The van der Waals surface area contributed by atoms with Gasteiger partial charge in [0.2, 0.25) is 0 Å². The van der Waals surface area contributed by atoms with E-state index >= 15 is 4.39 Å². The van der Waals surface area contributed by atoms with Gasteiger partial charge < -0.3 is 19.4 Å². The summed E-state index contributed by atoms with van der Waals surface area (Å²) in [5, 5.41) is 3.19. The first kappa shape index (κ1) is 24.4. The maximum atomic E-state index is 15.1. The predicted molar refractivity (Wildman–Crippen MR) is 116 cm³/mol. The van der Waals surface area contributed by atoms with E-state index in [4.69, 9.17) is 14.0 Å². The normalized spacial score (nSPS) is 20.7. The number of hydrogen-bond donors (Lipinski definition) is 1. The minimum Gasteiger partial charge on any atom is -0.459 e. The van der Waals surface area contributed by atoms with Gasteiger partial charge in [0.1, 0.15) is 11.4 Å². The molecule has 3 heterocycles. The fourth-order valence-corrected chi connectivity index (χ4v) is 3.83. The van der Waals surface area contributed by atoms with Crippen molar-refractivity contribution < 1.29 is 41.5 Å². The zero-order valence-corrected chi connectivity index (χ0v) is 18.7. The lowest BCUT2D eigenvalue weighted by Gasteiger charge is -2.24. The highest BCUT2D eigenvalue weighted by atomic mass is 19.3. The molecule has 35 heavy (non-hydrogen) atoms. The predicted octanol–water partition coefficient (Wildman–Crippen LogP) is 2.41. The van der Waals surface area contributed by atoms with E-state index in [1.165, 1.54) is 36.4 Å². The molecule has 2 saturated heterocycles. The quantitative estimate of drug-likeness (QED) is 0.655. The first-order valence-corrected chi connectivity index (χ1v) is 10.8. The van der Waals surface area contributed by atoms with E-state index in [-0.39, 0.29) is 49.9 Å². The molecule has 10 nitrogen and oxygen atoms in total. The summed E-state index contributed by atoms with van der Waals surface area (Å²) in [5.74, 6) is -2.39. The Morgan fingerprint density at radius 1 is 1.20 bits per heavy atom. The van der Waals surface area contributed by atoms with Gasteiger partial charge in [-0.1, -0.05) is 0 Å². The van der Waals surface area contributed by atoms with Crippen molar-refractivity contribution in [2.45, 2.75) is 19.0 Å². The third kappa shape index (κ3) is 5.34. The zero-order valence-electron chi connectivity index (χ0n) is 18.7. The number of amides is 3. The van der Waals surface area contributed by atoms with Gasteiger partial charge in [0.15, 0.2) is 5.76 Å². The Hall–Kier alpha value is -3.74. The molecular weight excluding hydrogens is 473 g/mol. The fourth-order valence-electron chi connectivity index (χ4n) is 3.83. The second kappa shape index (κ2) is 9.86. The molecule has 0 unspecified atom stereocenters. The van der Waals surface area contributed by atoms with Gasteiger partial charge in [0.25, 0.3) is 5.91 Å². The molecule has 1 aromatic carbocycles. The Morgan fingerprint density at radius 3 is 2.69 bits per heavy atom. The number of anilines is 2. The lowest BCUT2D eigenvalue weighted by atomic mass is 10.1. The number of hydrogen-bond acceptors (Lipinski definition) is 7. The van der Waals surface area contributed by atoms with Gasteiger partial charge in [-0.25, -0.2) is 14.2 Å². The molecule has 0 spiro atoms. The van der Waals surface area contributed by atoms with E-state index in [9.17, 15) is 23.2 Å². The number of carbonyl (C=O) groups is 3. The lowest BCUT2D eigenvalue weighted by Crippen LogP contribution is -2.45. The number of cyclic esters (lactones) is 1. The first-order valence-electron chi connectivity index (χ1n) is 10.8. The van der Waals surface area contributed by atoms with E-state index < -0.39 is 35.8 Å². The second-order valence-electron chi connectivity index (χ2n) is 8.26. The molecule has 0 bridgehead atoms. The van der Waals surface area contributed by atoms with Crippen molar-refractivity contribution in [3.05, 3.63) is 48.2 Å². The summed E-state index contributed by atoms with van der Waals surface area (Å²) in [7, 11) is 0. The zero-order chi connectivity index (χ0) is 25.2. The number of alkyl halides is 2. The van der Waals surface area contributed by atoms with Crippen molar-refractivity contribution in [1.29, 1.82) is 0 Å². The van der Waals surface area contributed by atoms with E-state index in [0.717, 1.165) is 11.0 Å². The number of hydroxylamine groups is 2. The van der Waals surface area contributed by atoms with E-state index in [1.54, 1.807) is 11.0 Å². The smallest absolute Gasteiger partial charge is 0.415 e. The number of nitrogens with zero attached hydrogens (tertiary/aromatic N) is 3. The third-order valence-electron chi connectivity index (χ3n) is 5.60. The van der Waals surface area contributed by atoms with Crippen molar-refractivity contribution in [1.82, 2.24) is 10.4 Å². The highest BCUT2D eigenvalue weighted by Crippen LogP contribution is 2.31. The summed E-state index contributed by atoms with van der Waals surface area (Å²) < 4.78 is 50.3. The SMILES string of the molecule is C[C@]1(CNC(=O)C(F)F)CN(c2ccc(N3CCON(C(=O)c4ccco4)CC3)c(F)c2)C(=O)O1. The second-order valence-corrected chi connectivity index (χ2v) is 8.26. The van der Waals surface area contributed by atoms with Crippen LogP contribution < -0.4 is 15.1 Å². The number of ether oxygens (including phenoxy) is 1. The summed E-state index contributed by atoms with van der Waals surface area (Å²) in [4.78, 5) is 44.3. The van der Waals surface area contributed by atoms with Gasteiger partial charge in [0, 0.05) is 13.1 Å². The van der Waals surface area contributed by atoms with Crippen LogP contribution in [0.15, 0.2) is 41.0 Å². The van der Waals surface area contributed by atoms with Crippen LogP contribution in [0.1, 0.15) is 17.5 Å². The molecule has 3 amide bonds. The minimum atomic E-state index is -3.19. The third-order valence-corrected chi connectivity index (χ3v) is 5.60. The largest absolute Gasteiger partial charge is 0.459 e. The van der Waals surface area contributed by atoms with Crippen molar-refractivity contribution in [2.75, 3.05) is 49.1 Å². The van der Waals surface area contributed by atoms with Gasteiger partial charge in [0.05, 0.1) is 43.9 Å². The summed E-state index contributed by atoms with van der Waals surface area (Å²) in [5.41, 5.74) is -0.798. The fraction of sp³-hybridized carbons (Fsp3) is 0.409. The van der Waals surface area contributed by atoms with Crippen LogP contribution in [0, 0.1) is 5.82 Å². The molecule has 2 fully saturated rings. The van der Waals surface area contributed by atoms with E-state index in [1.807, 2.05) is 5.32 Å². The Labute approximate surface area is 198 Å². The monoisotopic (exact) mass is 496 g/mol. The molecule has 188 valence electrons. The standard InChI is InChI=1S/C22H23F3N4O6/c1-22(12-26-19(30)18(24)25)13-28(21(32)35-22)14-4-5-16(15(23)11-14)27-6-7-29(34-10-8-27)20(31)17-3-2-9-33-17/h2-5,9,11,18H,6-8,10,12-13H2,1H3,(H,26,30)/t22-/m0/s1. The number of halogens is 3. The molecule has 0 aliphatic carbocycles. The highest BCUT2D eigenvalue weighted by Gasteiger charge is 2.43. The summed E-state index contributed by atoms with van der Waals surface area (Å²) in [6, 6.07) is 7.30. The molecule has 0 radical (unpaired) electrons. The van der Waals surface area contributed by atoms with Crippen molar-refractivity contribution >= 4 is 29.3 Å². The summed E-state index contributed by atoms with van der Waals surface area (Å²) in [6.07, 6.45) is -2.60.